The molecule has 0 radical (unpaired) electrons. The summed E-state index contributed by atoms with van der Waals surface area (Å²) in [6, 6.07) is 16.4. The van der Waals surface area contributed by atoms with Gasteiger partial charge in [0.15, 0.2) is 6.10 Å². The van der Waals surface area contributed by atoms with Crippen molar-refractivity contribution < 1.29 is 9.53 Å². The van der Waals surface area contributed by atoms with Crippen molar-refractivity contribution in [1.29, 1.82) is 0 Å². The lowest BCUT2D eigenvalue weighted by atomic mass is 10.1. The number of rotatable bonds is 8. The van der Waals surface area contributed by atoms with E-state index in [1.165, 1.54) is 16.7 Å². The zero-order valence-electron chi connectivity index (χ0n) is 15.7. The quantitative estimate of drug-likeness (QED) is 0.763. The van der Waals surface area contributed by atoms with Crippen LogP contribution in [0.1, 0.15) is 43.4 Å². The van der Waals surface area contributed by atoms with E-state index in [-0.39, 0.29) is 11.9 Å². The third-order valence-corrected chi connectivity index (χ3v) is 4.52. The van der Waals surface area contributed by atoms with Gasteiger partial charge in [-0.1, -0.05) is 43.3 Å². The van der Waals surface area contributed by atoms with Gasteiger partial charge in [-0.3, -0.25) is 4.79 Å². The van der Waals surface area contributed by atoms with E-state index in [4.69, 9.17) is 4.74 Å². The van der Waals surface area contributed by atoms with Gasteiger partial charge in [-0.15, -0.1) is 0 Å². The van der Waals surface area contributed by atoms with Crippen molar-refractivity contribution in [1.82, 2.24) is 5.32 Å². The summed E-state index contributed by atoms with van der Waals surface area (Å²) < 4.78 is 5.91. The molecule has 0 unspecified atom stereocenters. The van der Waals surface area contributed by atoms with Gasteiger partial charge in [-0.25, -0.2) is 0 Å². The molecule has 3 heteroatoms. The van der Waals surface area contributed by atoms with Gasteiger partial charge in [0.1, 0.15) is 5.75 Å². The number of benzene rings is 2. The maximum atomic E-state index is 12.5. The minimum absolute atomic E-state index is 0.0405. The zero-order valence-corrected chi connectivity index (χ0v) is 15.7. The predicted octanol–water partition coefficient (Wildman–Crippen LogP) is 4.60. The standard InChI is InChI=1S/C22H29NO2/c1-5-21(25-20-14-11-16(2)17(3)15-20)22(24)23-18(4)12-13-19-9-7-6-8-10-19/h6-11,14-15,18,21H,5,12-13H2,1-4H3,(H,23,24)/t18-,21-/m1/s1. The molecule has 0 saturated carbocycles. The summed E-state index contributed by atoms with van der Waals surface area (Å²) in [4.78, 5) is 12.5. The van der Waals surface area contributed by atoms with E-state index in [1.54, 1.807) is 0 Å². The van der Waals surface area contributed by atoms with Crippen molar-refractivity contribution in [3.8, 4) is 5.75 Å². The average molecular weight is 339 g/mol. The molecule has 25 heavy (non-hydrogen) atoms. The third kappa shape index (κ3) is 5.93. The summed E-state index contributed by atoms with van der Waals surface area (Å²) >= 11 is 0. The largest absolute Gasteiger partial charge is 0.481 e. The molecule has 2 rings (SSSR count). The van der Waals surface area contributed by atoms with E-state index in [2.05, 4.69) is 31.3 Å². The average Bonchev–Trinajstić information content (AvgIpc) is 2.61. The molecule has 2 aromatic rings. The number of nitrogens with one attached hydrogen (secondary N) is 1. The van der Waals surface area contributed by atoms with Crippen molar-refractivity contribution >= 4 is 5.91 Å². The molecular weight excluding hydrogens is 310 g/mol. The van der Waals surface area contributed by atoms with Crippen molar-refractivity contribution in [2.24, 2.45) is 0 Å². The Hall–Kier alpha value is -2.29. The normalized spacial score (nSPS) is 13.1. The first-order valence-electron chi connectivity index (χ1n) is 9.07. The molecule has 1 amide bonds. The molecule has 0 saturated heterocycles. The third-order valence-electron chi connectivity index (χ3n) is 4.52. The highest BCUT2D eigenvalue weighted by atomic mass is 16.5. The second-order valence-electron chi connectivity index (χ2n) is 6.69. The Balaban J connectivity index is 1.87. The van der Waals surface area contributed by atoms with Crippen molar-refractivity contribution in [2.75, 3.05) is 0 Å². The van der Waals surface area contributed by atoms with Gasteiger partial charge in [0.05, 0.1) is 0 Å². The van der Waals surface area contributed by atoms with Crippen LogP contribution in [0.15, 0.2) is 48.5 Å². The van der Waals surface area contributed by atoms with E-state index in [0.717, 1.165) is 18.6 Å². The Morgan fingerprint density at radius 1 is 1.08 bits per heavy atom. The van der Waals surface area contributed by atoms with E-state index in [0.29, 0.717) is 6.42 Å². The number of carbonyl (C=O) groups is 1. The Kier molecular flexibility index (Phi) is 7.05. The summed E-state index contributed by atoms with van der Waals surface area (Å²) in [6.45, 7) is 8.13. The molecule has 0 aliphatic carbocycles. The highest BCUT2D eigenvalue weighted by Gasteiger charge is 2.20. The molecule has 2 aromatic carbocycles. The van der Waals surface area contributed by atoms with Crippen molar-refractivity contribution in [2.45, 2.75) is 59.1 Å². The highest BCUT2D eigenvalue weighted by molar-refractivity contribution is 5.81. The number of aryl methyl sites for hydroxylation is 3. The van der Waals surface area contributed by atoms with Crippen LogP contribution in [0.25, 0.3) is 0 Å². The molecule has 0 aromatic heterocycles. The topological polar surface area (TPSA) is 38.3 Å². The van der Waals surface area contributed by atoms with Crippen molar-refractivity contribution in [3.63, 3.8) is 0 Å². The van der Waals surface area contributed by atoms with Gasteiger partial charge >= 0.3 is 0 Å². The van der Waals surface area contributed by atoms with Gasteiger partial charge in [0, 0.05) is 6.04 Å². The summed E-state index contributed by atoms with van der Waals surface area (Å²) in [6.07, 6.45) is 2.05. The Morgan fingerprint density at radius 3 is 2.44 bits per heavy atom. The highest BCUT2D eigenvalue weighted by Crippen LogP contribution is 2.18. The van der Waals surface area contributed by atoms with E-state index in [1.807, 2.05) is 50.2 Å². The number of carbonyl (C=O) groups excluding carboxylic acids is 1. The van der Waals surface area contributed by atoms with Crippen LogP contribution >= 0.6 is 0 Å². The summed E-state index contributed by atoms with van der Waals surface area (Å²) in [7, 11) is 0. The SMILES string of the molecule is CC[C@@H](Oc1ccc(C)c(C)c1)C(=O)N[C@H](C)CCc1ccccc1. The molecular formula is C22H29NO2. The Labute approximate surface area is 151 Å². The molecule has 0 aliphatic heterocycles. The summed E-state index contributed by atoms with van der Waals surface area (Å²) in [5.41, 5.74) is 3.69. The number of hydrogen-bond acceptors (Lipinski definition) is 2. The second-order valence-corrected chi connectivity index (χ2v) is 6.69. The van der Waals surface area contributed by atoms with Gasteiger partial charge in [-0.2, -0.15) is 0 Å². The maximum absolute atomic E-state index is 12.5. The van der Waals surface area contributed by atoms with Gasteiger partial charge < -0.3 is 10.1 Å². The van der Waals surface area contributed by atoms with Crippen LogP contribution in [0.2, 0.25) is 0 Å². The second kappa shape index (κ2) is 9.26. The van der Waals surface area contributed by atoms with Crippen LogP contribution in [0, 0.1) is 13.8 Å². The fourth-order valence-electron chi connectivity index (χ4n) is 2.71. The van der Waals surface area contributed by atoms with Gasteiger partial charge in [0.2, 0.25) is 0 Å². The lowest BCUT2D eigenvalue weighted by Gasteiger charge is -2.21. The Bertz CT molecular complexity index is 682. The first kappa shape index (κ1) is 19.0. The molecule has 2 atom stereocenters. The van der Waals surface area contributed by atoms with Crippen LogP contribution in [-0.4, -0.2) is 18.1 Å². The lowest BCUT2D eigenvalue weighted by Crippen LogP contribution is -2.42. The summed E-state index contributed by atoms with van der Waals surface area (Å²) in [5.74, 6) is 0.711. The van der Waals surface area contributed by atoms with Crippen LogP contribution in [0.3, 0.4) is 0 Å². The molecule has 1 N–H and O–H groups in total. The van der Waals surface area contributed by atoms with Crippen LogP contribution in [-0.2, 0) is 11.2 Å². The minimum atomic E-state index is -0.457. The fourth-order valence-corrected chi connectivity index (χ4v) is 2.71. The molecule has 0 bridgehead atoms. The predicted molar refractivity (Wildman–Crippen MR) is 103 cm³/mol. The zero-order chi connectivity index (χ0) is 18.2. The molecule has 0 aliphatic rings. The van der Waals surface area contributed by atoms with Crippen LogP contribution in [0.4, 0.5) is 0 Å². The molecule has 0 heterocycles. The minimum Gasteiger partial charge on any atom is -0.481 e. The van der Waals surface area contributed by atoms with E-state index >= 15 is 0 Å². The number of amides is 1. The smallest absolute Gasteiger partial charge is 0.261 e. The van der Waals surface area contributed by atoms with Gasteiger partial charge in [-0.05, 0) is 68.9 Å². The van der Waals surface area contributed by atoms with Crippen molar-refractivity contribution in [3.05, 3.63) is 65.2 Å². The number of ether oxygens (including phenoxy) is 1. The van der Waals surface area contributed by atoms with Crippen LogP contribution in [0.5, 0.6) is 5.75 Å². The summed E-state index contributed by atoms with van der Waals surface area (Å²) in [5, 5.41) is 3.08. The molecule has 0 fully saturated rings. The fraction of sp³-hybridized carbons (Fsp3) is 0.409. The molecule has 134 valence electrons. The first-order chi connectivity index (χ1) is 12.0. The van der Waals surface area contributed by atoms with Gasteiger partial charge in [0.25, 0.3) is 5.91 Å². The molecule has 0 spiro atoms. The molecule has 3 nitrogen and oxygen atoms in total. The first-order valence-corrected chi connectivity index (χ1v) is 9.07. The Morgan fingerprint density at radius 2 is 1.80 bits per heavy atom. The number of hydrogen-bond donors (Lipinski definition) is 1. The monoisotopic (exact) mass is 339 g/mol. The van der Waals surface area contributed by atoms with E-state index < -0.39 is 6.10 Å². The maximum Gasteiger partial charge on any atom is 0.261 e. The lowest BCUT2D eigenvalue weighted by molar-refractivity contribution is -0.128. The van der Waals surface area contributed by atoms with E-state index in [9.17, 15) is 4.79 Å². The van der Waals surface area contributed by atoms with Crippen LogP contribution < -0.4 is 10.1 Å².